The third kappa shape index (κ3) is 8.96. The Kier molecular flexibility index (Phi) is 81.3. The summed E-state index contributed by atoms with van der Waals surface area (Å²) < 4.78 is 0. The van der Waals surface area contributed by atoms with Crippen LogP contribution in [0.2, 0.25) is 0 Å². The van der Waals surface area contributed by atoms with Crippen molar-refractivity contribution in [2.75, 3.05) is 0 Å². The van der Waals surface area contributed by atoms with Crippen molar-refractivity contribution in [3.63, 3.8) is 0 Å². The van der Waals surface area contributed by atoms with Crippen molar-refractivity contribution >= 4 is 49.5 Å². The van der Waals surface area contributed by atoms with Crippen LogP contribution < -0.4 is 0 Å². The maximum absolute atomic E-state index is 4.21. The zero-order valence-electron chi connectivity index (χ0n) is 1.62. The van der Waals surface area contributed by atoms with E-state index in [1.54, 1.807) is 0 Å². The van der Waals surface area contributed by atoms with Crippen LogP contribution in [0.4, 0.5) is 0 Å². The average Bonchev–Trinajstić information content (AvgIpc) is 1.00. The fourth-order valence-electron chi connectivity index (χ4n) is 0. The van der Waals surface area contributed by atoms with E-state index < -0.39 is 0 Å². The Bertz CT molecular complexity index is 6.00. The monoisotopic (exact) mass is 248 g/mol. The standard InChI is InChI=1S/In.H2S.S.Zn.3H/h;1H2;;;;;. The van der Waals surface area contributed by atoms with E-state index in [1.807, 2.05) is 0 Å². The van der Waals surface area contributed by atoms with Crippen LogP contribution in [0.3, 0.4) is 0 Å². The summed E-state index contributed by atoms with van der Waals surface area (Å²) in [6, 6.07) is 0. The van der Waals surface area contributed by atoms with E-state index in [1.165, 1.54) is 0 Å². The molecular formula is H5InS2Zn. The molecule has 0 atom stereocenters. The molecule has 4 heavy (non-hydrogen) atoms. The van der Waals surface area contributed by atoms with Gasteiger partial charge in [-0.15, -0.1) is 0 Å². The number of rotatable bonds is 0. The Morgan fingerprint density at radius 2 is 1.25 bits per heavy atom. The molecule has 0 nitrogen and oxygen atoms in total. The third-order valence-corrected chi connectivity index (χ3v) is 0. The molecule has 0 aromatic heterocycles. The zero-order chi connectivity index (χ0) is 2.00. The van der Waals surface area contributed by atoms with Gasteiger partial charge in [0.25, 0.3) is 0 Å². The first-order chi connectivity index (χ1) is 1.00. The van der Waals surface area contributed by atoms with Gasteiger partial charge in [-0.1, -0.05) is 0 Å². The van der Waals surface area contributed by atoms with Gasteiger partial charge in [0.05, 0.1) is 0 Å². The number of hydrogen-bond acceptors (Lipinski definition) is 1. The Labute approximate surface area is 65.2 Å². The van der Waals surface area contributed by atoms with Crippen LogP contribution in [0.25, 0.3) is 0 Å². The molecule has 0 rings (SSSR count). The number of hydrogen-bond donors (Lipinski definition) is 0. The van der Waals surface area contributed by atoms with Gasteiger partial charge in [-0.05, 0) is 0 Å². The molecule has 0 fully saturated rings. The molecule has 0 bridgehead atoms. The summed E-state index contributed by atoms with van der Waals surface area (Å²) in [7, 11) is 4.21. The van der Waals surface area contributed by atoms with Gasteiger partial charge in [-0.3, -0.25) is 0 Å². The predicted octanol–water partition coefficient (Wildman–Crippen LogP) is -0.425. The van der Waals surface area contributed by atoms with E-state index in [-0.39, 0.29) is 39.3 Å². The fourth-order valence-corrected chi connectivity index (χ4v) is 0. The molecule has 22 valence electrons. The van der Waals surface area contributed by atoms with E-state index in [0.29, 0.717) is 0 Å². The molecule has 0 aromatic carbocycles. The van der Waals surface area contributed by atoms with Crippen LogP contribution in [0.5, 0.6) is 0 Å². The zero-order valence-corrected chi connectivity index (χ0v) is 6.40. The van der Waals surface area contributed by atoms with Crippen LogP contribution in [0, 0.1) is 0 Å². The maximum atomic E-state index is 4.21. The second kappa shape index (κ2) is 19.6. The van der Waals surface area contributed by atoms with Crippen molar-refractivity contribution in [1.82, 2.24) is 0 Å². The van der Waals surface area contributed by atoms with E-state index in [9.17, 15) is 0 Å². The summed E-state index contributed by atoms with van der Waals surface area (Å²) in [6.45, 7) is 0. The Morgan fingerprint density at radius 1 is 1.25 bits per heavy atom. The van der Waals surface area contributed by atoms with Gasteiger partial charge >= 0.3 is 52.5 Å². The minimum absolute atomic E-state index is 0. The summed E-state index contributed by atoms with van der Waals surface area (Å²) in [5.74, 6) is 0. The van der Waals surface area contributed by atoms with Gasteiger partial charge in [0.15, 0.2) is 0 Å². The van der Waals surface area contributed by atoms with E-state index in [2.05, 4.69) is 10.1 Å². The first-order valence-corrected chi connectivity index (χ1v) is 4.50. The van der Waals surface area contributed by atoms with Crippen molar-refractivity contribution in [2.45, 2.75) is 0 Å². The first-order valence-electron chi connectivity index (χ1n) is 0.289. The third-order valence-electron chi connectivity index (χ3n) is 0. The van der Waals surface area contributed by atoms with Crippen LogP contribution in [0.1, 0.15) is 0 Å². The minimum atomic E-state index is 0. The quantitative estimate of drug-likeness (QED) is 0.525. The van der Waals surface area contributed by atoms with Gasteiger partial charge in [0.2, 0.25) is 0 Å². The molecule has 0 saturated carbocycles. The van der Waals surface area contributed by atoms with Gasteiger partial charge in [-0.25, -0.2) is 0 Å². The molecule has 0 aromatic rings. The van der Waals surface area contributed by atoms with Gasteiger partial charge in [-0.2, -0.15) is 13.5 Å². The Balaban J connectivity index is -0.00000000500. The summed E-state index contributed by atoms with van der Waals surface area (Å²) in [6.07, 6.45) is 0. The summed E-state index contributed by atoms with van der Waals surface area (Å²) in [5.41, 5.74) is 0. The molecule has 0 aliphatic heterocycles. The van der Waals surface area contributed by atoms with Gasteiger partial charge < -0.3 is 0 Å². The molecule has 4 heteroatoms. The van der Waals surface area contributed by atoms with Crippen molar-refractivity contribution in [1.29, 1.82) is 0 Å². The predicted molar refractivity (Wildman–Crippen MR) is 27.9 cm³/mol. The summed E-state index contributed by atoms with van der Waals surface area (Å²) in [4.78, 5) is 0. The van der Waals surface area contributed by atoms with Crippen LogP contribution >= 0.6 is 23.6 Å². The Hall–Kier alpha value is 2.06. The molecule has 0 aliphatic rings. The molecular weight excluding hydrogens is 244 g/mol. The summed E-state index contributed by atoms with van der Waals surface area (Å²) >= 11 is 0.958. The van der Waals surface area contributed by atoms with Crippen LogP contribution in [0.15, 0.2) is 0 Å². The normalized spacial score (nSPS) is 1.50. The average molecular weight is 249 g/mol. The van der Waals surface area contributed by atoms with Crippen molar-refractivity contribution in [3.05, 3.63) is 0 Å². The molecule has 0 radical (unpaired) electrons. The van der Waals surface area contributed by atoms with Gasteiger partial charge in [0, 0.05) is 0 Å². The second-order valence-electron chi connectivity index (χ2n) is 0. The molecule has 0 amide bonds. The molecule has 0 aliphatic carbocycles. The topological polar surface area (TPSA) is 0 Å². The van der Waals surface area contributed by atoms with E-state index >= 15 is 0 Å². The molecule has 0 saturated heterocycles. The fraction of sp³-hybridized carbons (Fsp3) is 0. The molecule has 0 spiro atoms. The SMILES string of the molecule is S.[InH3].[S]=[Zn]. The molecule has 0 N–H and O–H groups in total. The molecule has 0 unspecified atom stereocenters. The molecule has 0 heterocycles. The first kappa shape index (κ1) is 16.6. The second-order valence-corrected chi connectivity index (χ2v) is 0. The van der Waals surface area contributed by atoms with Crippen LogP contribution in [-0.2, 0) is 16.6 Å². The van der Waals surface area contributed by atoms with E-state index in [0.717, 1.165) is 16.6 Å². The van der Waals surface area contributed by atoms with Crippen molar-refractivity contribution < 1.29 is 16.6 Å². The Morgan fingerprint density at radius 3 is 1.25 bits per heavy atom. The van der Waals surface area contributed by atoms with E-state index in [4.69, 9.17) is 0 Å². The van der Waals surface area contributed by atoms with Crippen LogP contribution in [-0.4, -0.2) is 25.8 Å². The summed E-state index contributed by atoms with van der Waals surface area (Å²) in [5, 5.41) is 0. The van der Waals surface area contributed by atoms with Crippen molar-refractivity contribution in [3.8, 4) is 0 Å². The van der Waals surface area contributed by atoms with Gasteiger partial charge in [0.1, 0.15) is 0 Å². The van der Waals surface area contributed by atoms with Crippen molar-refractivity contribution in [2.24, 2.45) is 0 Å².